The molecule has 0 fully saturated rings. The van der Waals surface area contributed by atoms with E-state index < -0.39 is 0 Å². The molecule has 4 heteroatoms. The van der Waals surface area contributed by atoms with Gasteiger partial charge in [-0.05, 0) is 59.2 Å². The minimum Gasteiger partial charge on any atom is -0.493 e. The molecule has 0 radical (unpaired) electrons. The van der Waals surface area contributed by atoms with E-state index in [1.54, 1.807) is 28.4 Å². The van der Waals surface area contributed by atoms with Crippen LogP contribution >= 0.6 is 0 Å². The minimum atomic E-state index is 0.287. The topological polar surface area (TPSA) is 36.9 Å². The summed E-state index contributed by atoms with van der Waals surface area (Å²) in [5.41, 5.74) is 3.91. The van der Waals surface area contributed by atoms with Crippen molar-refractivity contribution < 1.29 is 18.9 Å². The molecule has 0 bridgehead atoms. The van der Waals surface area contributed by atoms with Crippen molar-refractivity contribution in [1.29, 1.82) is 0 Å². The molecule has 3 rings (SSSR count). The Morgan fingerprint density at radius 3 is 1.81 bits per heavy atom. The van der Waals surface area contributed by atoms with Crippen LogP contribution in [-0.2, 0) is 0 Å². The molecular formula is C22H28O4. The number of benzene rings is 2. The summed E-state index contributed by atoms with van der Waals surface area (Å²) in [5, 5.41) is 0. The number of hydrogen-bond donors (Lipinski definition) is 0. The average Bonchev–Trinajstić information content (AvgIpc) is 2.96. The number of hydrogen-bond acceptors (Lipinski definition) is 4. The predicted octanol–water partition coefficient (Wildman–Crippen LogP) is 5.00. The van der Waals surface area contributed by atoms with Crippen LogP contribution in [0.15, 0.2) is 30.3 Å². The molecule has 0 aromatic heterocycles. The normalized spacial score (nSPS) is 21.2. The van der Waals surface area contributed by atoms with E-state index in [1.165, 1.54) is 16.7 Å². The highest BCUT2D eigenvalue weighted by molar-refractivity contribution is 5.56. The third-order valence-corrected chi connectivity index (χ3v) is 5.69. The molecule has 0 spiro atoms. The standard InChI is InChI=1S/C22H28O4/c1-7-15-13(2)22(14-8-9-18(23-3)19(10-14)24-4)17-12-21(26-6)20(25-5)11-16(15)17/h8-13,15,22H,7H2,1-6H3/t13-,15-,22-/m1/s1. The molecule has 4 nitrogen and oxygen atoms in total. The van der Waals surface area contributed by atoms with Crippen LogP contribution in [-0.4, -0.2) is 28.4 Å². The largest absolute Gasteiger partial charge is 0.493 e. The third-order valence-electron chi connectivity index (χ3n) is 5.69. The molecule has 0 unspecified atom stereocenters. The third kappa shape index (κ3) is 2.87. The summed E-state index contributed by atoms with van der Waals surface area (Å²) in [4.78, 5) is 0. The molecule has 1 aliphatic rings. The summed E-state index contributed by atoms with van der Waals surface area (Å²) in [6.45, 7) is 4.58. The Hall–Kier alpha value is -2.36. The van der Waals surface area contributed by atoms with E-state index in [1.807, 2.05) is 6.07 Å². The van der Waals surface area contributed by atoms with Gasteiger partial charge in [0.25, 0.3) is 0 Å². The Balaban J connectivity index is 2.15. The SMILES string of the molecule is CC[C@H]1c2cc(OC)c(OC)cc2[C@@H](c2ccc(OC)c(OC)c2)[C@@H]1C. The van der Waals surface area contributed by atoms with E-state index in [0.717, 1.165) is 29.4 Å². The van der Waals surface area contributed by atoms with Crippen molar-refractivity contribution in [2.45, 2.75) is 32.1 Å². The molecule has 2 aromatic rings. The average molecular weight is 356 g/mol. The molecule has 26 heavy (non-hydrogen) atoms. The molecule has 0 saturated carbocycles. The lowest BCUT2D eigenvalue weighted by Crippen LogP contribution is -2.09. The molecule has 3 atom stereocenters. The number of ether oxygens (including phenoxy) is 4. The lowest BCUT2D eigenvalue weighted by atomic mass is 9.83. The molecule has 0 amide bonds. The van der Waals surface area contributed by atoms with Crippen molar-refractivity contribution in [3.05, 3.63) is 47.0 Å². The van der Waals surface area contributed by atoms with E-state index >= 15 is 0 Å². The van der Waals surface area contributed by atoms with Crippen LogP contribution < -0.4 is 18.9 Å². The van der Waals surface area contributed by atoms with Crippen LogP contribution in [0.3, 0.4) is 0 Å². The van der Waals surface area contributed by atoms with Gasteiger partial charge < -0.3 is 18.9 Å². The smallest absolute Gasteiger partial charge is 0.161 e. The summed E-state index contributed by atoms with van der Waals surface area (Å²) >= 11 is 0. The number of rotatable bonds is 6. The summed E-state index contributed by atoms with van der Waals surface area (Å²) in [7, 11) is 6.71. The summed E-state index contributed by atoms with van der Waals surface area (Å²) in [6.07, 6.45) is 1.09. The van der Waals surface area contributed by atoms with Gasteiger partial charge in [0, 0.05) is 5.92 Å². The predicted molar refractivity (Wildman–Crippen MR) is 103 cm³/mol. The van der Waals surface area contributed by atoms with Crippen molar-refractivity contribution in [1.82, 2.24) is 0 Å². The fourth-order valence-corrected chi connectivity index (χ4v) is 4.42. The fraction of sp³-hybridized carbons (Fsp3) is 0.455. The zero-order chi connectivity index (χ0) is 18.8. The highest BCUT2D eigenvalue weighted by Crippen LogP contribution is 2.54. The first kappa shape index (κ1) is 18.4. The van der Waals surface area contributed by atoms with E-state index in [2.05, 4.69) is 38.1 Å². The monoisotopic (exact) mass is 356 g/mol. The van der Waals surface area contributed by atoms with Crippen molar-refractivity contribution in [3.63, 3.8) is 0 Å². The van der Waals surface area contributed by atoms with Gasteiger partial charge >= 0.3 is 0 Å². The minimum absolute atomic E-state index is 0.287. The fourth-order valence-electron chi connectivity index (χ4n) is 4.42. The zero-order valence-electron chi connectivity index (χ0n) is 16.5. The van der Waals surface area contributed by atoms with Crippen LogP contribution in [0.4, 0.5) is 0 Å². The molecular weight excluding hydrogens is 328 g/mol. The zero-order valence-corrected chi connectivity index (χ0v) is 16.5. The van der Waals surface area contributed by atoms with Crippen LogP contribution in [0.2, 0.25) is 0 Å². The summed E-state index contributed by atoms with van der Waals surface area (Å²) < 4.78 is 22.0. The van der Waals surface area contributed by atoms with Crippen molar-refractivity contribution in [2.75, 3.05) is 28.4 Å². The van der Waals surface area contributed by atoms with Crippen LogP contribution in [0, 0.1) is 5.92 Å². The Labute approximate surface area is 156 Å². The first-order valence-electron chi connectivity index (χ1n) is 9.07. The second-order valence-electron chi connectivity index (χ2n) is 6.80. The summed E-state index contributed by atoms with van der Waals surface area (Å²) in [6, 6.07) is 10.5. The van der Waals surface area contributed by atoms with Gasteiger partial charge in [0.15, 0.2) is 23.0 Å². The van der Waals surface area contributed by atoms with Gasteiger partial charge in [-0.1, -0.05) is 19.9 Å². The Morgan fingerprint density at radius 2 is 1.27 bits per heavy atom. The molecule has 0 heterocycles. The van der Waals surface area contributed by atoms with Crippen molar-refractivity contribution in [2.24, 2.45) is 5.92 Å². The highest BCUT2D eigenvalue weighted by atomic mass is 16.5. The van der Waals surface area contributed by atoms with Crippen LogP contribution in [0.25, 0.3) is 0 Å². The van der Waals surface area contributed by atoms with Crippen molar-refractivity contribution >= 4 is 0 Å². The molecule has 0 saturated heterocycles. The van der Waals surface area contributed by atoms with E-state index in [0.29, 0.717) is 11.8 Å². The van der Waals surface area contributed by atoms with Gasteiger partial charge in [0.05, 0.1) is 28.4 Å². The van der Waals surface area contributed by atoms with E-state index in [-0.39, 0.29) is 5.92 Å². The van der Waals surface area contributed by atoms with Gasteiger partial charge in [-0.3, -0.25) is 0 Å². The lowest BCUT2D eigenvalue weighted by Gasteiger charge is -2.22. The maximum atomic E-state index is 5.56. The Bertz CT molecular complexity index is 784. The quantitative estimate of drug-likeness (QED) is 0.730. The second kappa shape index (κ2) is 7.48. The number of fused-ring (bicyclic) bond motifs is 1. The molecule has 1 aliphatic carbocycles. The second-order valence-corrected chi connectivity index (χ2v) is 6.80. The van der Waals surface area contributed by atoms with Crippen LogP contribution in [0.1, 0.15) is 48.8 Å². The van der Waals surface area contributed by atoms with E-state index in [9.17, 15) is 0 Å². The maximum absolute atomic E-state index is 5.56. The Morgan fingerprint density at radius 1 is 0.731 bits per heavy atom. The van der Waals surface area contributed by atoms with Crippen molar-refractivity contribution in [3.8, 4) is 23.0 Å². The number of methoxy groups -OCH3 is 4. The lowest BCUT2D eigenvalue weighted by molar-refractivity contribution is 0.353. The molecule has 0 aliphatic heterocycles. The first-order valence-corrected chi connectivity index (χ1v) is 9.07. The molecule has 0 N–H and O–H groups in total. The Kier molecular flexibility index (Phi) is 5.30. The maximum Gasteiger partial charge on any atom is 0.161 e. The van der Waals surface area contributed by atoms with Gasteiger partial charge in [-0.15, -0.1) is 0 Å². The molecule has 140 valence electrons. The summed E-state index contributed by atoms with van der Waals surface area (Å²) in [5.74, 6) is 4.34. The van der Waals surface area contributed by atoms with Crippen LogP contribution in [0.5, 0.6) is 23.0 Å². The van der Waals surface area contributed by atoms with E-state index in [4.69, 9.17) is 18.9 Å². The highest BCUT2D eigenvalue weighted by Gasteiger charge is 2.39. The molecule has 2 aromatic carbocycles. The van der Waals surface area contributed by atoms with Gasteiger partial charge in [0.2, 0.25) is 0 Å². The van der Waals surface area contributed by atoms with Gasteiger partial charge in [0.1, 0.15) is 0 Å². The van der Waals surface area contributed by atoms with Gasteiger partial charge in [-0.2, -0.15) is 0 Å². The first-order chi connectivity index (χ1) is 12.6. The van der Waals surface area contributed by atoms with Gasteiger partial charge in [-0.25, -0.2) is 0 Å².